The largest absolute Gasteiger partial charge is 0.491 e. The van der Waals surface area contributed by atoms with Crippen LogP contribution >= 0.6 is 11.6 Å². The van der Waals surface area contributed by atoms with Crippen molar-refractivity contribution in [2.24, 2.45) is 0 Å². The minimum absolute atomic E-state index is 0.0143. The Morgan fingerprint density at radius 3 is 2.65 bits per heavy atom. The van der Waals surface area contributed by atoms with Crippen molar-refractivity contribution in [2.45, 2.75) is 20.0 Å². The predicted molar refractivity (Wildman–Crippen MR) is 88.3 cm³/mol. The van der Waals surface area contributed by atoms with E-state index in [0.717, 1.165) is 0 Å². The van der Waals surface area contributed by atoms with Gasteiger partial charge in [0.15, 0.2) is 0 Å². The van der Waals surface area contributed by atoms with Crippen LogP contribution in [0.4, 0.5) is 11.4 Å². The first-order valence-electron chi connectivity index (χ1n) is 6.89. The monoisotopic (exact) mass is 334 g/mol. The van der Waals surface area contributed by atoms with Gasteiger partial charge in [-0.25, -0.2) is 0 Å². The van der Waals surface area contributed by atoms with E-state index < -0.39 is 10.8 Å². The second kappa shape index (κ2) is 7.11. The molecular formula is C16H15ClN2O4. The van der Waals surface area contributed by atoms with Gasteiger partial charge in [0.1, 0.15) is 5.75 Å². The quantitative estimate of drug-likeness (QED) is 0.653. The molecule has 1 N–H and O–H groups in total. The van der Waals surface area contributed by atoms with Crippen LogP contribution in [0.25, 0.3) is 0 Å². The lowest BCUT2D eigenvalue weighted by Gasteiger charge is -2.11. The maximum atomic E-state index is 12.3. The molecule has 0 aromatic heterocycles. The van der Waals surface area contributed by atoms with Crippen molar-refractivity contribution in [1.82, 2.24) is 0 Å². The first-order chi connectivity index (χ1) is 10.9. The molecule has 0 aliphatic carbocycles. The van der Waals surface area contributed by atoms with Crippen molar-refractivity contribution in [2.75, 3.05) is 5.32 Å². The number of halogens is 1. The minimum atomic E-state index is -0.552. The number of amides is 1. The van der Waals surface area contributed by atoms with Gasteiger partial charge in [-0.05, 0) is 38.1 Å². The van der Waals surface area contributed by atoms with Crippen LogP contribution < -0.4 is 10.1 Å². The first kappa shape index (κ1) is 16.8. The van der Waals surface area contributed by atoms with Gasteiger partial charge in [0.2, 0.25) is 0 Å². The number of benzene rings is 2. The number of nitrogens with one attached hydrogen (secondary N) is 1. The molecule has 0 unspecified atom stereocenters. The highest BCUT2D eigenvalue weighted by Gasteiger charge is 2.14. The Morgan fingerprint density at radius 1 is 1.26 bits per heavy atom. The summed E-state index contributed by atoms with van der Waals surface area (Å²) in [7, 11) is 0. The molecule has 2 aromatic rings. The van der Waals surface area contributed by atoms with E-state index in [9.17, 15) is 14.9 Å². The van der Waals surface area contributed by atoms with Crippen LogP contribution in [0.5, 0.6) is 5.75 Å². The Kier molecular flexibility index (Phi) is 5.18. The van der Waals surface area contributed by atoms with E-state index in [1.54, 1.807) is 24.3 Å². The van der Waals surface area contributed by atoms with Crippen LogP contribution in [0, 0.1) is 10.1 Å². The fourth-order valence-electron chi connectivity index (χ4n) is 1.90. The van der Waals surface area contributed by atoms with E-state index in [2.05, 4.69) is 5.32 Å². The summed E-state index contributed by atoms with van der Waals surface area (Å²) in [5.74, 6) is 0.138. The van der Waals surface area contributed by atoms with E-state index in [1.807, 2.05) is 13.8 Å². The van der Waals surface area contributed by atoms with Gasteiger partial charge in [-0.15, -0.1) is 0 Å². The number of ether oxygens (including phenoxy) is 1. The number of anilines is 1. The van der Waals surface area contributed by atoms with Gasteiger partial charge >= 0.3 is 0 Å². The minimum Gasteiger partial charge on any atom is -0.491 e. The molecule has 0 atom stereocenters. The fourth-order valence-corrected chi connectivity index (χ4v) is 2.06. The average molecular weight is 335 g/mol. The van der Waals surface area contributed by atoms with Crippen LogP contribution in [0.15, 0.2) is 42.5 Å². The molecule has 0 saturated heterocycles. The summed E-state index contributed by atoms with van der Waals surface area (Å²) in [6, 6.07) is 10.5. The van der Waals surface area contributed by atoms with Gasteiger partial charge in [0, 0.05) is 17.7 Å². The summed E-state index contributed by atoms with van der Waals surface area (Å²) < 4.78 is 5.53. The Bertz CT molecular complexity index is 747. The number of nitro benzene ring substituents is 1. The third-order valence-electron chi connectivity index (χ3n) is 2.88. The molecule has 7 heteroatoms. The highest BCUT2D eigenvalue weighted by atomic mass is 35.5. The molecule has 0 fully saturated rings. The van der Waals surface area contributed by atoms with Crippen molar-refractivity contribution in [3.05, 3.63) is 63.2 Å². The lowest BCUT2D eigenvalue weighted by Crippen LogP contribution is -2.13. The number of nitro groups is 1. The number of hydrogen-bond donors (Lipinski definition) is 1. The molecule has 0 bridgehead atoms. The van der Waals surface area contributed by atoms with E-state index in [4.69, 9.17) is 16.3 Å². The van der Waals surface area contributed by atoms with Crippen LogP contribution in [-0.4, -0.2) is 16.9 Å². The molecule has 120 valence electrons. The molecule has 2 rings (SSSR count). The lowest BCUT2D eigenvalue weighted by molar-refractivity contribution is -0.384. The Hall–Kier alpha value is -2.60. The maximum absolute atomic E-state index is 12.3. The zero-order valence-corrected chi connectivity index (χ0v) is 13.3. The molecule has 0 aliphatic heterocycles. The number of rotatable bonds is 5. The van der Waals surface area contributed by atoms with Gasteiger partial charge in [-0.2, -0.15) is 0 Å². The van der Waals surface area contributed by atoms with Gasteiger partial charge in [-0.3, -0.25) is 14.9 Å². The molecule has 0 heterocycles. The summed E-state index contributed by atoms with van der Waals surface area (Å²) in [6.07, 6.45) is -0.0143. The molecule has 2 aromatic carbocycles. The van der Waals surface area contributed by atoms with Crippen LogP contribution in [0.2, 0.25) is 5.02 Å². The van der Waals surface area contributed by atoms with Gasteiger partial charge in [0.05, 0.1) is 21.7 Å². The molecule has 0 spiro atoms. The number of non-ortho nitro benzene ring substituents is 1. The maximum Gasteiger partial charge on any atom is 0.271 e. The summed E-state index contributed by atoms with van der Waals surface area (Å²) in [5, 5.41) is 13.6. The number of nitrogens with zero attached hydrogens (tertiary/aromatic N) is 1. The Balaban J connectivity index is 2.22. The molecule has 0 radical (unpaired) electrons. The summed E-state index contributed by atoms with van der Waals surface area (Å²) in [4.78, 5) is 22.5. The summed E-state index contributed by atoms with van der Waals surface area (Å²) >= 11 is 5.97. The van der Waals surface area contributed by atoms with Crippen molar-refractivity contribution in [3.8, 4) is 5.75 Å². The van der Waals surface area contributed by atoms with Gasteiger partial charge in [-0.1, -0.05) is 17.7 Å². The second-order valence-electron chi connectivity index (χ2n) is 5.07. The van der Waals surface area contributed by atoms with Crippen molar-refractivity contribution >= 4 is 28.9 Å². The average Bonchev–Trinajstić information content (AvgIpc) is 2.48. The number of carbonyl (C=O) groups is 1. The standard InChI is InChI=1S/C16H15ClN2O4/c1-10(2)23-13-5-3-4-11(8-13)16(20)18-15-9-12(19(21)22)6-7-14(15)17/h3-10H,1-2H3,(H,18,20). The smallest absolute Gasteiger partial charge is 0.271 e. The molecule has 23 heavy (non-hydrogen) atoms. The highest BCUT2D eigenvalue weighted by molar-refractivity contribution is 6.34. The zero-order chi connectivity index (χ0) is 17.0. The van der Waals surface area contributed by atoms with Crippen LogP contribution in [-0.2, 0) is 0 Å². The Morgan fingerprint density at radius 2 is 2.00 bits per heavy atom. The van der Waals surface area contributed by atoms with E-state index in [0.29, 0.717) is 11.3 Å². The van der Waals surface area contributed by atoms with E-state index in [1.165, 1.54) is 18.2 Å². The highest BCUT2D eigenvalue weighted by Crippen LogP contribution is 2.27. The molecule has 0 aliphatic rings. The third-order valence-corrected chi connectivity index (χ3v) is 3.21. The van der Waals surface area contributed by atoms with Crippen LogP contribution in [0.3, 0.4) is 0 Å². The molecule has 0 saturated carbocycles. The van der Waals surface area contributed by atoms with E-state index in [-0.39, 0.29) is 22.5 Å². The molecule has 1 amide bonds. The van der Waals surface area contributed by atoms with Crippen molar-refractivity contribution < 1.29 is 14.5 Å². The molecular weight excluding hydrogens is 320 g/mol. The summed E-state index contributed by atoms with van der Waals surface area (Å²) in [6.45, 7) is 3.77. The van der Waals surface area contributed by atoms with Crippen LogP contribution in [0.1, 0.15) is 24.2 Å². The predicted octanol–water partition coefficient (Wildman–Crippen LogP) is 4.29. The fraction of sp³-hybridized carbons (Fsp3) is 0.188. The topological polar surface area (TPSA) is 81.5 Å². The van der Waals surface area contributed by atoms with E-state index >= 15 is 0 Å². The van der Waals surface area contributed by atoms with Crippen molar-refractivity contribution in [3.63, 3.8) is 0 Å². The third kappa shape index (κ3) is 4.43. The normalized spacial score (nSPS) is 10.4. The van der Waals surface area contributed by atoms with Crippen molar-refractivity contribution in [1.29, 1.82) is 0 Å². The SMILES string of the molecule is CC(C)Oc1cccc(C(=O)Nc2cc([N+](=O)[O-])ccc2Cl)c1. The van der Waals surface area contributed by atoms with Gasteiger partial charge < -0.3 is 10.1 Å². The molecule has 6 nitrogen and oxygen atoms in total. The first-order valence-corrected chi connectivity index (χ1v) is 7.26. The number of hydrogen-bond acceptors (Lipinski definition) is 4. The number of carbonyl (C=O) groups excluding carboxylic acids is 1. The zero-order valence-electron chi connectivity index (χ0n) is 12.6. The second-order valence-corrected chi connectivity index (χ2v) is 5.48. The summed E-state index contributed by atoms with van der Waals surface area (Å²) in [5.41, 5.74) is 0.397. The van der Waals surface area contributed by atoms with Gasteiger partial charge in [0.25, 0.3) is 11.6 Å². The Labute approximate surface area is 138 Å². The lowest BCUT2D eigenvalue weighted by atomic mass is 10.2.